The summed E-state index contributed by atoms with van der Waals surface area (Å²) in [5.74, 6) is -0.0312. The molecule has 1 saturated carbocycles. The summed E-state index contributed by atoms with van der Waals surface area (Å²) in [7, 11) is 0. The molecule has 0 aromatic carbocycles. The number of Topliss-reactive ketones (excluding diaryl/α,β-unsaturated/α-hetero) is 1. The maximum absolute atomic E-state index is 12.0. The van der Waals surface area contributed by atoms with Gasteiger partial charge in [-0.25, -0.2) is 0 Å². The predicted octanol–water partition coefficient (Wildman–Crippen LogP) is 0.979. The molecule has 1 aliphatic carbocycles. The van der Waals surface area contributed by atoms with Crippen LogP contribution >= 0.6 is 0 Å². The highest BCUT2D eigenvalue weighted by molar-refractivity contribution is 6.00. The molecule has 1 aliphatic heterocycles. The first-order valence-electron chi connectivity index (χ1n) is 6.42. The van der Waals surface area contributed by atoms with Crippen molar-refractivity contribution in [2.75, 3.05) is 0 Å². The predicted molar refractivity (Wildman–Crippen MR) is 65.0 cm³/mol. The highest BCUT2D eigenvalue weighted by atomic mass is 16.2. The summed E-state index contributed by atoms with van der Waals surface area (Å²) in [6, 6.07) is 1.96. The summed E-state index contributed by atoms with van der Waals surface area (Å²) in [5.41, 5.74) is 0.0369. The largest absolute Gasteiger partial charge is 0.367 e. The van der Waals surface area contributed by atoms with E-state index in [-0.39, 0.29) is 35.6 Å². The average Bonchev–Trinajstić information content (AvgIpc) is 2.39. The molecule has 0 spiro atoms. The highest BCUT2D eigenvalue weighted by Gasteiger charge is 2.36. The van der Waals surface area contributed by atoms with Gasteiger partial charge in [0, 0.05) is 12.5 Å². The third-order valence-corrected chi connectivity index (χ3v) is 3.64. The first-order chi connectivity index (χ1) is 8.67. The SMILES string of the molecule is CCC(=O)/C(C#N)=C1/NC(=O)C2CCCCC2N1. The number of carbonyl (C=O) groups excluding carboxylic acids is 2. The topological polar surface area (TPSA) is 82.0 Å². The van der Waals surface area contributed by atoms with Gasteiger partial charge in [-0.1, -0.05) is 19.8 Å². The van der Waals surface area contributed by atoms with Crippen molar-refractivity contribution in [1.29, 1.82) is 5.26 Å². The molecule has 1 heterocycles. The summed E-state index contributed by atoms with van der Waals surface area (Å²) in [5, 5.41) is 14.9. The molecule has 2 atom stereocenters. The molecule has 0 aromatic rings. The van der Waals surface area contributed by atoms with Gasteiger partial charge in [-0.2, -0.15) is 5.26 Å². The van der Waals surface area contributed by atoms with Crippen molar-refractivity contribution in [2.45, 2.75) is 45.1 Å². The summed E-state index contributed by atoms with van der Waals surface area (Å²) in [4.78, 5) is 23.6. The molecule has 1 saturated heterocycles. The van der Waals surface area contributed by atoms with Crippen LogP contribution in [0.15, 0.2) is 11.4 Å². The molecular weight excluding hydrogens is 230 g/mol. The molecule has 2 N–H and O–H groups in total. The van der Waals surface area contributed by atoms with Crippen LogP contribution in [0.25, 0.3) is 0 Å². The lowest BCUT2D eigenvalue weighted by Crippen LogP contribution is -2.55. The quantitative estimate of drug-likeness (QED) is 0.563. The van der Waals surface area contributed by atoms with Gasteiger partial charge in [0.05, 0.1) is 5.92 Å². The molecule has 2 fully saturated rings. The van der Waals surface area contributed by atoms with Gasteiger partial charge in [0.15, 0.2) is 5.78 Å². The number of hydrogen-bond donors (Lipinski definition) is 2. The lowest BCUT2D eigenvalue weighted by atomic mass is 9.82. The second-order valence-corrected chi connectivity index (χ2v) is 4.77. The zero-order valence-corrected chi connectivity index (χ0v) is 10.5. The molecule has 5 heteroatoms. The second-order valence-electron chi connectivity index (χ2n) is 4.77. The Morgan fingerprint density at radius 3 is 2.83 bits per heavy atom. The Kier molecular flexibility index (Phi) is 3.66. The zero-order chi connectivity index (χ0) is 13.1. The number of nitriles is 1. The van der Waals surface area contributed by atoms with Gasteiger partial charge in [-0.15, -0.1) is 0 Å². The van der Waals surface area contributed by atoms with Gasteiger partial charge in [-0.05, 0) is 12.8 Å². The van der Waals surface area contributed by atoms with Crippen molar-refractivity contribution in [2.24, 2.45) is 5.92 Å². The van der Waals surface area contributed by atoms with Crippen LogP contribution in [-0.2, 0) is 9.59 Å². The fourth-order valence-electron chi connectivity index (χ4n) is 2.62. The Balaban J connectivity index is 2.26. The molecule has 1 amide bonds. The number of rotatable bonds is 2. The van der Waals surface area contributed by atoms with E-state index in [1.54, 1.807) is 6.92 Å². The van der Waals surface area contributed by atoms with Crippen molar-refractivity contribution in [3.8, 4) is 6.07 Å². The van der Waals surface area contributed by atoms with E-state index in [9.17, 15) is 9.59 Å². The highest BCUT2D eigenvalue weighted by Crippen LogP contribution is 2.28. The normalized spacial score (nSPS) is 29.4. The molecule has 2 rings (SSSR count). The van der Waals surface area contributed by atoms with E-state index >= 15 is 0 Å². The zero-order valence-electron chi connectivity index (χ0n) is 10.5. The van der Waals surface area contributed by atoms with Crippen molar-refractivity contribution < 1.29 is 9.59 Å². The lowest BCUT2D eigenvalue weighted by Gasteiger charge is -2.37. The number of nitrogens with zero attached hydrogens (tertiary/aromatic N) is 1. The van der Waals surface area contributed by atoms with E-state index in [0.29, 0.717) is 5.82 Å². The lowest BCUT2D eigenvalue weighted by molar-refractivity contribution is -0.127. The molecule has 18 heavy (non-hydrogen) atoms. The van der Waals surface area contributed by atoms with Gasteiger partial charge >= 0.3 is 0 Å². The van der Waals surface area contributed by atoms with Crippen molar-refractivity contribution >= 4 is 11.7 Å². The van der Waals surface area contributed by atoms with Crippen LogP contribution in [0.5, 0.6) is 0 Å². The summed E-state index contributed by atoms with van der Waals surface area (Å²) >= 11 is 0. The van der Waals surface area contributed by atoms with E-state index in [4.69, 9.17) is 5.26 Å². The van der Waals surface area contributed by atoms with E-state index in [1.807, 2.05) is 6.07 Å². The van der Waals surface area contributed by atoms with E-state index < -0.39 is 0 Å². The fourth-order valence-corrected chi connectivity index (χ4v) is 2.62. The van der Waals surface area contributed by atoms with Crippen LogP contribution < -0.4 is 10.6 Å². The minimum atomic E-state index is -0.241. The van der Waals surface area contributed by atoms with Gasteiger partial charge in [0.2, 0.25) is 5.91 Å². The molecule has 2 aliphatic rings. The van der Waals surface area contributed by atoms with Crippen LogP contribution in [0, 0.1) is 17.2 Å². The fraction of sp³-hybridized carbons (Fsp3) is 0.615. The first kappa shape index (κ1) is 12.6. The minimum Gasteiger partial charge on any atom is -0.367 e. The number of fused-ring (bicyclic) bond motifs is 1. The smallest absolute Gasteiger partial charge is 0.230 e. The van der Waals surface area contributed by atoms with Crippen LogP contribution in [0.2, 0.25) is 0 Å². The number of allylic oxidation sites excluding steroid dienone is 1. The molecule has 96 valence electrons. The van der Waals surface area contributed by atoms with Gasteiger partial charge in [-0.3, -0.25) is 9.59 Å². The van der Waals surface area contributed by atoms with Crippen LogP contribution in [0.4, 0.5) is 0 Å². The van der Waals surface area contributed by atoms with Gasteiger partial charge < -0.3 is 10.6 Å². The molecule has 0 bridgehead atoms. The molecule has 5 nitrogen and oxygen atoms in total. The van der Waals surface area contributed by atoms with Gasteiger partial charge in [0.1, 0.15) is 17.5 Å². The minimum absolute atomic E-state index is 0.0285. The Bertz CT molecular complexity index is 448. The Hall–Kier alpha value is -1.83. The van der Waals surface area contributed by atoms with E-state index in [0.717, 1.165) is 25.7 Å². The monoisotopic (exact) mass is 247 g/mol. The molecular formula is C13H17N3O2. The molecule has 2 unspecified atom stereocenters. The summed E-state index contributed by atoms with van der Waals surface area (Å²) < 4.78 is 0. The summed E-state index contributed by atoms with van der Waals surface area (Å²) in [6.07, 6.45) is 4.20. The molecule has 0 aromatic heterocycles. The van der Waals surface area contributed by atoms with Crippen molar-refractivity contribution in [3.05, 3.63) is 11.4 Å². The number of amides is 1. The number of hydrogen-bond acceptors (Lipinski definition) is 4. The second kappa shape index (κ2) is 5.21. The Morgan fingerprint density at radius 1 is 1.44 bits per heavy atom. The first-order valence-corrected chi connectivity index (χ1v) is 6.42. The van der Waals surface area contributed by atoms with Crippen LogP contribution in [-0.4, -0.2) is 17.7 Å². The molecule has 0 radical (unpaired) electrons. The third kappa shape index (κ3) is 2.23. The summed E-state index contributed by atoms with van der Waals surface area (Å²) in [6.45, 7) is 1.70. The van der Waals surface area contributed by atoms with E-state index in [1.165, 1.54) is 0 Å². The van der Waals surface area contributed by atoms with Crippen LogP contribution in [0.3, 0.4) is 0 Å². The third-order valence-electron chi connectivity index (χ3n) is 3.64. The van der Waals surface area contributed by atoms with E-state index in [2.05, 4.69) is 10.6 Å². The van der Waals surface area contributed by atoms with Crippen molar-refractivity contribution in [1.82, 2.24) is 10.6 Å². The maximum atomic E-state index is 12.0. The Morgan fingerprint density at radius 2 is 2.17 bits per heavy atom. The number of carbonyl (C=O) groups is 2. The van der Waals surface area contributed by atoms with Gasteiger partial charge in [0.25, 0.3) is 0 Å². The Labute approximate surface area is 106 Å². The number of ketones is 1. The van der Waals surface area contributed by atoms with Crippen LogP contribution in [0.1, 0.15) is 39.0 Å². The average molecular weight is 247 g/mol. The maximum Gasteiger partial charge on any atom is 0.230 e. The number of nitrogens with one attached hydrogen (secondary N) is 2. The standard InChI is InChI=1S/C13H17N3O2/c1-2-11(17)9(7-14)12-15-10-6-4-3-5-8(10)13(18)16-12/h8,10,15H,2-6H2,1H3,(H,16,18)/b12-9+. The van der Waals surface area contributed by atoms with Crippen molar-refractivity contribution in [3.63, 3.8) is 0 Å².